The van der Waals surface area contributed by atoms with Crippen LogP contribution in [0.25, 0.3) is 6.08 Å². The highest BCUT2D eigenvalue weighted by Gasteiger charge is 2.36. The van der Waals surface area contributed by atoms with Crippen LogP contribution in [0.5, 0.6) is 11.5 Å². The quantitative estimate of drug-likeness (QED) is 0.469. The van der Waals surface area contributed by atoms with Gasteiger partial charge in [0.1, 0.15) is 12.3 Å². The molecule has 26 heavy (non-hydrogen) atoms. The first kappa shape index (κ1) is 18.5. The van der Waals surface area contributed by atoms with E-state index in [-0.39, 0.29) is 11.9 Å². The number of hydrogen-bond donors (Lipinski definition) is 1. The smallest absolute Gasteiger partial charge is 0.276 e. The molecule has 0 atom stereocenters. The molecular weight excluding hydrogens is 348 g/mol. The minimum absolute atomic E-state index is 0.0483. The van der Waals surface area contributed by atoms with Crippen LogP contribution in [0.4, 0.5) is 0 Å². The number of methoxy groups -OCH3 is 1. The number of thiocarbonyl (C=S) groups is 1. The van der Waals surface area contributed by atoms with Gasteiger partial charge in [-0.05, 0) is 48.8 Å². The Hall–Kier alpha value is -2.34. The van der Waals surface area contributed by atoms with E-state index in [1.807, 2.05) is 18.2 Å². The maximum atomic E-state index is 12.8. The summed E-state index contributed by atoms with van der Waals surface area (Å²) >= 11 is 5.41. The van der Waals surface area contributed by atoms with E-state index in [1.54, 1.807) is 24.2 Å². The highest BCUT2D eigenvalue weighted by atomic mass is 32.1. The Balaban J connectivity index is 1.80. The average Bonchev–Trinajstić information content (AvgIpc) is 2.94. The lowest BCUT2D eigenvalue weighted by molar-refractivity contribution is -0.124. The van der Waals surface area contributed by atoms with Crippen LogP contribution in [-0.4, -0.2) is 35.7 Å². The first-order chi connectivity index (χ1) is 12.6. The number of carbonyl (C=O) groups excluding carboxylic acids is 1. The van der Waals surface area contributed by atoms with Crippen LogP contribution in [-0.2, 0) is 4.79 Å². The lowest BCUT2D eigenvalue weighted by atomic mass is 9.94. The first-order valence-electron chi connectivity index (χ1n) is 8.92. The SMILES string of the molecule is C=CCOc1ccc(/C=C2/NC(=S)N(C3CCCCC3)C2=O)cc1OC. The van der Waals surface area contributed by atoms with Gasteiger partial charge >= 0.3 is 0 Å². The zero-order valence-corrected chi connectivity index (χ0v) is 15.8. The molecule has 0 unspecified atom stereocenters. The summed E-state index contributed by atoms with van der Waals surface area (Å²) in [5.41, 5.74) is 1.35. The molecule has 0 radical (unpaired) electrons. The monoisotopic (exact) mass is 372 g/mol. The molecular formula is C20H24N2O3S. The van der Waals surface area contributed by atoms with E-state index in [4.69, 9.17) is 21.7 Å². The molecule has 2 fully saturated rings. The lowest BCUT2D eigenvalue weighted by Gasteiger charge is -2.29. The van der Waals surface area contributed by atoms with Crippen molar-refractivity contribution in [1.82, 2.24) is 10.2 Å². The largest absolute Gasteiger partial charge is 0.493 e. The molecule has 1 saturated heterocycles. The minimum atomic E-state index is -0.0483. The van der Waals surface area contributed by atoms with Crippen molar-refractivity contribution in [2.75, 3.05) is 13.7 Å². The van der Waals surface area contributed by atoms with Crippen molar-refractivity contribution in [1.29, 1.82) is 0 Å². The average molecular weight is 372 g/mol. The maximum Gasteiger partial charge on any atom is 0.276 e. The summed E-state index contributed by atoms with van der Waals surface area (Å²) in [7, 11) is 1.59. The number of carbonyl (C=O) groups is 1. The third-order valence-electron chi connectivity index (χ3n) is 4.70. The van der Waals surface area contributed by atoms with Crippen LogP contribution in [0.15, 0.2) is 36.6 Å². The number of nitrogens with one attached hydrogen (secondary N) is 1. The Labute approximate surface area is 159 Å². The van der Waals surface area contributed by atoms with Gasteiger partial charge in [0.15, 0.2) is 16.6 Å². The Morgan fingerprint density at radius 1 is 1.31 bits per heavy atom. The normalized spacial score (nSPS) is 19.6. The minimum Gasteiger partial charge on any atom is -0.493 e. The zero-order valence-electron chi connectivity index (χ0n) is 15.0. The fourth-order valence-electron chi connectivity index (χ4n) is 3.43. The number of benzene rings is 1. The van der Waals surface area contributed by atoms with E-state index >= 15 is 0 Å². The van der Waals surface area contributed by atoms with Gasteiger partial charge in [0.2, 0.25) is 0 Å². The van der Waals surface area contributed by atoms with E-state index < -0.39 is 0 Å². The molecule has 0 spiro atoms. The number of rotatable bonds is 6. The summed E-state index contributed by atoms with van der Waals surface area (Å²) in [6, 6.07) is 5.76. The molecule has 138 valence electrons. The standard InChI is InChI=1S/C20H24N2O3S/c1-3-11-25-17-10-9-14(13-18(17)24-2)12-16-19(23)22(20(26)21-16)15-7-5-4-6-8-15/h3,9-10,12-13,15H,1,4-8,11H2,2H3,(H,21,26)/b16-12+. The van der Waals surface area contributed by atoms with Crippen LogP contribution < -0.4 is 14.8 Å². The van der Waals surface area contributed by atoms with E-state index in [9.17, 15) is 4.79 Å². The van der Waals surface area contributed by atoms with Crippen LogP contribution >= 0.6 is 12.2 Å². The van der Waals surface area contributed by atoms with E-state index in [0.717, 1.165) is 31.2 Å². The molecule has 1 aromatic rings. The highest BCUT2D eigenvalue weighted by molar-refractivity contribution is 7.80. The maximum absolute atomic E-state index is 12.8. The molecule has 1 aliphatic heterocycles. The number of hydrogen-bond acceptors (Lipinski definition) is 4. The highest BCUT2D eigenvalue weighted by Crippen LogP contribution is 2.30. The molecule has 0 aromatic heterocycles. The third-order valence-corrected chi connectivity index (χ3v) is 5.00. The molecule has 1 aliphatic carbocycles. The second kappa shape index (κ2) is 8.36. The second-order valence-electron chi connectivity index (χ2n) is 6.47. The van der Waals surface area contributed by atoms with E-state index in [0.29, 0.717) is 28.9 Å². The zero-order chi connectivity index (χ0) is 18.5. The summed E-state index contributed by atoms with van der Waals surface area (Å²) in [5, 5.41) is 3.58. The van der Waals surface area contributed by atoms with Crippen LogP contribution in [0.3, 0.4) is 0 Å². The van der Waals surface area contributed by atoms with Crippen molar-refractivity contribution in [3.05, 3.63) is 42.1 Å². The summed E-state index contributed by atoms with van der Waals surface area (Å²) in [6.45, 7) is 4.04. The predicted octanol–water partition coefficient (Wildman–Crippen LogP) is 3.65. The Morgan fingerprint density at radius 3 is 2.77 bits per heavy atom. The molecule has 1 saturated carbocycles. The number of ether oxygens (including phenoxy) is 2. The molecule has 1 aromatic carbocycles. The third kappa shape index (κ3) is 3.90. The van der Waals surface area contributed by atoms with Crippen LogP contribution in [0.1, 0.15) is 37.7 Å². The van der Waals surface area contributed by atoms with Gasteiger partial charge in [0.25, 0.3) is 5.91 Å². The summed E-state index contributed by atoms with van der Waals surface area (Å²) in [6.07, 6.45) is 9.06. The van der Waals surface area contributed by atoms with Crippen molar-refractivity contribution in [3.63, 3.8) is 0 Å². The summed E-state index contributed by atoms with van der Waals surface area (Å²) < 4.78 is 10.9. The molecule has 2 aliphatic rings. The molecule has 0 bridgehead atoms. The van der Waals surface area contributed by atoms with Crippen LogP contribution in [0, 0.1) is 0 Å². The Bertz CT molecular complexity index is 739. The number of amides is 1. The molecule has 6 heteroatoms. The number of nitrogens with zero attached hydrogens (tertiary/aromatic N) is 1. The molecule has 1 N–H and O–H groups in total. The Morgan fingerprint density at radius 2 is 2.08 bits per heavy atom. The topological polar surface area (TPSA) is 50.8 Å². The van der Waals surface area contributed by atoms with Crippen LogP contribution in [0.2, 0.25) is 0 Å². The molecule has 3 rings (SSSR count). The van der Waals surface area contributed by atoms with Gasteiger partial charge in [-0.25, -0.2) is 0 Å². The van der Waals surface area contributed by atoms with Gasteiger partial charge in [0.05, 0.1) is 7.11 Å². The van der Waals surface area contributed by atoms with E-state index in [1.165, 1.54) is 6.42 Å². The predicted molar refractivity (Wildman–Crippen MR) is 106 cm³/mol. The lowest BCUT2D eigenvalue weighted by Crippen LogP contribution is -2.41. The fraction of sp³-hybridized carbons (Fsp3) is 0.400. The van der Waals surface area contributed by atoms with Gasteiger partial charge in [-0.3, -0.25) is 9.69 Å². The van der Waals surface area contributed by atoms with Gasteiger partial charge in [0, 0.05) is 6.04 Å². The summed E-state index contributed by atoms with van der Waals surface area (Å²) in [5.74, 6) is 1.20. The van der Waals surface area contributed by atoms with Gasteiger partial charge in [-0.2, -0.15) is 0 Å². The molecule has 1 heterocycles. The van der Waals surface area contributed by atoms with Gasteiger partial charge in [-0.15, -0.1) is 0 Å². The second-order valence-corrected chi connectivity index (χ2v) is 6.85. The van der Waals surface area contributed by atoms with Crippen molar-refractivity contribution in [2.45, 2.75) is 38.1 Å². The van der Waals surface area contributed by atoms with Gasteiger partial charge < -0.3 is 14.8 Å². The fourth-order valence-corrected chi connectivity index (χ4v) is 3.77. The van der Waals surface area contributed by atoms with Crippen molar-refractivity contribution >= 4 is 29.3 Å². The first-order valence-corrected chi connectivity index (χ1v) is 9.33. The molecule has 5 nitrogen and oxygen atoms in total. The Kier molecular flexibility index (Phi) is 5.93. The van der Waals surface area contributed by atoms with Gasteiger partial charge in [-0.1, -0.05) is 38.0 Å². The van der Waals surface area contributed by atoms with Crippen molar-refractivity contribution < 1.29 is 14.3 Å². The van der Waals surface area contributed by atoms with Crippen molar-refractivity contribution in [2.24, 2.45) is 0 Å². The molecule has 1 amide bonds. The van der Waals surface area contributed by atoms with Crippen molar-refractivity contribution in [3.8, 4) is 11.5 Å². The summed E-state index contributed by atoms with van der Waals surface area (Å²) in [4.78, 5) is 14.6. The van der Waals surface area contributed by atoms with E-state index in [2.05, 4.69) is 11.9 Å².